The Morgan fingerprint density at radius 1 is 1.12 bits per heavy atom. The first kappa shape index (κ1) is 18.0. The number of ketones is 1. The first-order valence-corrected chi connectivity index (χ1v) is 7.68. The molecule has 0 radical (unpaired) electrons. The van der Waals surface area contributed by atoms with Crippen molar-refractivity contribution in [2.45, 2.75) is 37.9 Å². The molecule has 0 unspecified atom stereocenters. The zero-order valence-corrected chi connectivity index (χ0v) is 13.0. The summed E-state index contributed by atoms with van der Waals surface area (Å²) in [6, 6.07) is 2.40. The van der Waals surface area contributed by atoms with Gasteiger partial charge in [-0.25, -0.2) is 4.79 Å². The Morgan fingerprint density at radius 3 is 2.62 bits per heavy atom. The number of esters is 1. The number of carbonyl (C=O) groups excluding carboxylic acids is 2. The summed E-state index contributed by atoms with van der Waals surface area (Å²) in [5, 5.41) is 39.2. The van der Waals surface area contributed by atoms with Gasteiger partial charge in [-0.15, -0.1) is 0 Å². The molecule has 1 aromatic rings. The lowest BCUT2D eigenvalue weighted by atomic mass is 9.97. The normalized spacial score (nSPS) is 24.6. The molecular weight excluding hydrogens is 316 g/mol. The van der Waals surface area contributed by atoms with Crippen LogP contribution in [-0.2, 0) is 16.0 Å². The molecule has 1 heterocycles. The van der Waals surface area contributed by atoms with Crippen molar-refractivity contribution in [2.75, 3.05) is 6.61 Å². The monoisotopic (exact) mass is 336 g/mol. The Morgan fingerprint density at radius 2 is 1.88 bits per heavy atom. The van der Waals surface area contributed by atoms with Gasteiger partial charge in [0.2, 0.25) is 0 Å². The standard InChI is InChI=1S/C17H20O7/c18-11-8-10-4-3-6-13(20)16(22)12(19)5-1-2-7-24-17(23)15(10)14(21)9-11/h1,5,8-9,13,16,18,20-22H,2-4,6-7H2/b5-1-/t13-,16+/m0/s1. The largest absolute Gasteiger partial charge is 0.508 e. The van der Waals surface area contributed by atoms with Gasteiger partial charge >= 0.3 is 5.97 Å². The van der Waals surface area contributed by atoms with Crippen LogP contribution in [0.2, 0.25) is 0 Å². The van der Waals surface area contributed by atoms with Crippen LogP contribution in [0.5, 0.6) is 11.5 Å². The Balaban J connectivity index is 2.28. The Hall–Kier alpha value is -2.38. The number of cyclic esters (lactones) is 1. The Bertz CT molecular complexity index is 651. The van der Waals surface area contributed by atoms with E-state index in [4.69, 9.17) is 4.74 Å². The molecule has 7 nitrogen and oxygen atoms in total. The third kappa shape index (κ3) is 4.33. The smallest absolute Gasteiger partial charge is 0.342 e. The molecular formula is C17H20O7. The summed E-state index contributed by atoms with van der Waals surface area (Å²) in [6.45, 7) is -0.0129. The first-order chi connectivity index (χ1) is 11.4. The predicted molar refractivity (Wildman–Crippen MR) is 83.8 cm³/mol. The van der Waals surface area contributed by atoms with Gasteiger partial charge in [0.25, 0.3) is 0 Å². The van der Waals surface area contributed by atoms with E-state index in [0.717, 1.165) is 12.1 Å². The second-order valence-electron chi connectivity index (χ2n) is 5.63. The van der Waals surface area contributed by atoms with E-state index in [1.807, 2.05) is 0 Å². The average molecular weight is 336 g/mol. The zero-order chi connectivity index (χ0) is 17.7. The molecule has 0 aromatic heterocycles. The molecule has 4 N–H and O–H groups in total. The number of aromatic hydroxyl groups is 2. The molecule has 0 fully saturated rings. The van der Waals surface area contributed by atoms with Crippen LogP contribution in [0.1, 0.15) is 35.2 Å². The van der Waals surface area contributed by atoms with E-state index in [-0.39, 0.29) is 42.9 Å². The minimum Gasteiger partial charge on any atom is -0.508 e. The van der Waals surface area contributed by atoms with E-state index in [1.165, 1.54) is 12.1 Å². The minimum atomic E-state index is -1.51. The van der Waals surface area contributed by atoms with E-state index in [1.54, 1.807) is 0 Å². The van der Waals surface area contributed by atoms with Gasteiger partial charge in [-0.1, -0.05) is 6.08 Å². The van der Waals surface area contributed by atoms with Crippen LogP contribution in [0.4, 0.5) is 0 Å². The number of aryl methyl sites for hydroxylation is 1. The molecule has 2 atom stereocenters. The third-order valence-electron chi connectivity index (χ3n) is 3.79. The topological polar surface area (TPSA) is 124 Å². The molecule has 130 valence electrons. The van der Waals surface area contributed by atoms with Crippen molar-refractivity contribution in [3.63, 3.8) is 0 Å². The number of ether oxygens (including phenoxy) is 1. The number of hydrogen-bond donors (Lipinski definition) is 4. The fourth-order valence-corrected chi connectivity index (χ4v) is 2.54. The molecule has 0 spiro atoms. The maximum Gasteiger partial charge on any atom is 0.342 e. The van der Waals surface area contributed by atoms with Crippen molar-refractivity contribution in [1.82, 2.24) is 0 Å². The molecule has 1 aliphatic heterocycles. The highest BCUT2D eigenvalue weighted by Gasteiger charge is 2.23. The summed E-state index contributed by atoms with van der Waals surface area (Å²) < 4.78 is 5.06. The van der Waals surface area contributed by atoms with Crippen molar-refractivity contribution < 1.29 is 34.8 Å². The van der Waals surface area contributed by atoms with Gasteiger partial charge in [-0.2, -0.15) is 0 Å². The van der Waals surface area contributed by atoms with Crippen LogP contribution in [0.3, 0.4) is 0 Å². The Kier molecular flexibility index (Phi) is 5.94. The van der Waals surface area contributed by atoms with Crippen LogP contribution >= 0.6 is 0 Å². The molecule has 7 heteroatoms. The Labute approximate surface area is 138 Å². The second-order valence-corrected chi connectivity index (χ2v) is 5.63. The molecule has 0 bridgehead atoms. The van der Waals surface area contributed by atoms with Crippen molar-refractivity contribution in [1.29, 1.82) is 0 Å². The summed E-state index contributed by atoms with van der Waals surface area (Å²) >= 11 is 0. The number of fused-ring (bicyclic) bond motifs is 1. The maximum absolute atomic E-state index is 12.1. The lowest BCUT2D eigenvalue weighted by Crippen LogP contribution is -2.33. The molecule has 1 aliphatic rings. The van der Waals surface area contributed by atoms with Crippen LogP contribution in [0.25, 0.3) is 0 Å². The fraction of sp³-hybridized carbons (Fsp3) is 0.412. The van der Waals surface area contributed by atoms with Crippen molar-refractivity contribution in [2.24, 2.45) is 0 Å². The van der Waals surface area contributed by atoms with Gasteiger partial charge < -0.3 is 25.2 Å². The van der Waals surface area contributed by atoms with E-state index in [9.17, 15) is 30.0 Å². The highest BCUT2D eigenvalue weighted by atomic mass is 16.5. The summed E-state index contributed by atoms with van der Waals surface area (Å²) in [7, 11) is 0. The van der Waals surface area contributed by atoms with Crippen LogP contribution in [-0.4, -0.2) is 51.0 Å². The summed E-state index contributed by atoms with van der Waals surface area (Å²) in [5.74, 6) is -1.91. The number of aliphatic hydroxyl groups excluding tert-OH is 2. The van der Waals surface area contributed by atoms with E-state index in [0.29, 0.717) is 12.0 Å². The molecule has 0 amide bonds. The number of rotatable bonds is 0. The van der Waals surface area contributed by atoms with E-state index >= 15 is 0 Å². The van der Waals surface area contributed by atoms with Gasteiger partial charge in [0.1, 0.15) is 23.2 Å². The number of phenolic OH excluding ortho intramolecular Hbond substituents is 2. The molecule has 1 aromatic carbocycles. The minimum absolute atomic E-state index is 0.0129. The molecule has 2 rings (SSSR count). The third-order valence-corrected chi connectivity index (χ3v) is 3.79. The second kappa shape index (κ2) is 7.94. The van der Waals surface area contributed by atoms with E-state index < -0.39 is 24.0 Å². The lowest BCUT2D eigenvalue weighted by molar-refractivity contribution is -0.128. The van der Waals surface area contributed by atoms with Gasteiger partial charge in [-0.3, -0.25) is 4.79 Å². The van der Waals surface area contributed by atoms with Gasteiger partial charge in [0.05, 0.1) is 12.7 Å². The number of carbonyl (C=O) groups is 2. The van der Waals surface area contributed by atoms with Crippen LogP contribution in [0.15, 0.2) is 24.3 Å². The summed E-state index contributed by atoms with van der Waals surface area (Å²) in [5.41, 5.74) is 0.345. The van der Waals surface area contributed by atoms with Gasteiger partial charge in [-0.05, 0) is 43.4 Å². The van der Waals surface area contributed by atoms with E-state index in [2.05, 4.69) is 0 Å². The van der Waals surface area contributed by atoms with Crippen LogP contribution in [0, 0.1) is 0 Å². The van der Waals surface area contributed by atoms with Crippen molar-refractivity contribution >= 4 is 11.8 Å². The van der Waals surface area contributed by atoms with Gasteiger partial charge in [0, 0.05) is 6.07 Å². The van der Waals surface area contributed by atoms with Crippen molar-refractivity contribution in [3.8, 4) is 11.5 Å². The number of benzene rings is 1. The number of phenols is 2. The lowest BCUT2D eigenvalue weighted by Gasteiger charge is -2.17. The predicted octanol–water partition coefficient (Wildman–Crippen LogP) is 0.828. The SMILES string of the molecule is O=C1OCC/C=C\C(=O)[C@@H](O)[C@@H](O)CCCc2cc(O)cc(O)c21. The quantitative estimate of drug-likeness (QED) is 0.517. The molecule has 0 saturated heterocycles. The summed E-state index contributed by atoms with van der Waals surface area (Å²) in [4.78, 5) is 23.8. The highest BCUT2D eigenvalue weighted by molar-refractivity contribution is 5.95. The van der Waals surface area contributed by atoms with Crippen molar-refractivity contribution in [3.05, 3.63) is 35.4 Å². The van der Waals surface area contributed by atoms with Gasteiger partial charge in [0.15, 0.2) is 5.78 Å². The zero-order valence-electron chi connectivity index (χ0n) is 13.0. The van der Waals surface area contributed by atoms with Crippen LogP contribution < -0.4 is 0 Å². The number of hydrogen-bond acceptors (Lipinski definition) is 7. The molecule has 24 heavy (non-hydrogen) atoms. The summed E-state index contributed by atoms with van der Waals surface area (Å²) in [6.07, 6.45) is 0.792. The average Bonchev–Trinajstić information content (AvgIpc) is 2.51. The highest BCUT2D eigenvalue weighted by Crippen LogP contribution is 2.29. The number of aliphatic hydroxyl groups is 2. The molecule has 0 saturated carbocycles. The molecule has 0 aliphatic carbocycles. The maximum atomic E-state index is 12.1. The fourth-order valence-electron chi connectivity index (χ4n) is 2.54. The first-order valence-electron chi connectivity index (χ1n) is 7.68.